The van der Waals surface area contributed by atoms with E-state index in [1.807, 2.05) is 37.1 Å². The van der Waals surface area contributed by atoms with Crippen LogP contribution in [0.4, 0.5) is 33.6 Å². The lowest BCUT2D eigenvalue weighted by atomic mass is 10.1. The Hall–Kier alpha value is -3.76. The number of carbonyl (C=O) groups excluding carboxylic acids is 1. The Morgan fingerprint density at radius 1 is 1.13 bits per heavy atom. The number of para-hydroxylation sites is 1. The third-order valence-electron chi connectivity index (χ3n) is 7.42. The zero-order chi connectivity index (χ0) is 26.7. The number of fused-ring (bicyclic) bond motifs is 3. The van der Waals surface area contributed by atoms with Gasteiger partial charge in [0.2, 0.25) is 5.95 Å². The SMILES string of the molecule is Cc1cc(Nc2ncc3c(n2)N(C)CN(c2c(Cl)cccc2Cl)C3=O)ccc1N1CC2CC1CN2C(=O)O. The quantitative estimate of drug-likeness (QED) is 0.473. The molecule has 2 bridgehead atoms. The number of halogens is 2. The van der Waals surface area contributed by atoms with Crippen LogP contribution in [-0.4, -0.2) is 70.9 Å². The Bertz CT molecular complexity index is 1450. The Labute approximate surface area is 229 Å². The minimum absolute atomic E-state index is 0.0446. The lowest BCUT2D eigenvalue weighted by Crippen LogP contribution is -2.48. The summed E-state index contributed by atoms with van der Waals surface area (Å²) in [4.78, 5) is 40.9. The van der Waals surface area contributed by atoms with E-state index >= 15 is 0 Å². The molecule has 10 nitrogen and oxygen atoms in total. The number of nitrogens with one attached hydrogen (secondary N) is 1. The second kappa shape index (κ2) is 9.21. The fraction of sp³-hybridized carbons (Fsp3) is 0.308. The summed E-state index contributed by atoms with van der Waals surface area (Å²) < 4.78 is 0. The number of nitrogens with zero attached hydrogens (tertiary/aromatic N) is 6. The zero-order valence-electron chi connectivity index (χ0n) is 20.7. The maximum Gasteiger partial charge on any atom is 0.407 e. The van der Waals surface area contributed by atoms with Crippen LogP contribution in [0.25, 0.3) is 0 Å². The molecule has 2 N–H and O–H groups in total. The van der Waals surface area contributed by atoms with Crippen molar-refractivity contribution in [3.05, 3.63) is 63.8 Å². The molecule has 4 heterocycles. The normalized spacial score (nSPS) is 20.3. The van der Waals surface area contributed by atoms with Gasteiger partial charge in [-0.05, 0) is 49.2 Å². The van der Waals surface area contributed by atoms with E-state index in [2.05, 4.69) is 20.2 Å². The van der Waals surface area contributed by atoms with E-state index in [0.29, 0.717) is 46.2 Å². The number of benzene rings is 2. The molecule has 2 aromatic carbocycles. The van der Waals surface area contributed by atoms with Crippen LogP contribution in [0.1, 0.15) is 22.3 Å². The summed E-state index contributed by atoms with van der Waals surface area (Å²) in [5, 5.41) is 13.4. The minimum atomic E-state index is -0.841. The van der Waals surface area contributed by atoms with Gasteiger partial charge in [-0.3, -0.25) is 9.69 Å². The highest BCUT2D eigenvalue weighted by atomic mass is 35.5. The molecule has 0 spiro atoms. The van der Waals surface area contributed by atoms with Crippen LogP contribution in [0.5, 0.6) is 0 Å². The van der Waals surface area contributed by atoms with Gasteiger partial charge in [0, 0.05) is 43.8 Å². The molecule has 3 aliphatic rings. The average Bonchev–Trinajstić information content (AvgIpc) is 3.48. The molecule has 196 valence electrons. The molecule has 3 aliphatic heterocycles. The summed E-state index contributed by atoms with van der Waals surface area (Å²) in [7, 11) is 1.84. The van der Waals surface area contributed by atoms with Gasteiger partial charge in [0.25, 0.3) is 5.91 Å². The first-order chi connectivity index (χ1) is 18.2. The molecule has 2 unspecified atom stereocenters. The third kappa shape index (κ3) is 4.04. The number of carbonyl (C=O) groups is 2. The van der Waals surface area contributed by atoms with E-state index in [-0.39, 0.29) is 24.7 Å². The number of piperazine rings is 1. The van der Waals surface area contributed by atoms with Gasteiger partial charge in [-0.2, -0.15) is 4.98 Å². The first kappa shape index (κ1) is 24.6. The van der Waals surface area contributed by atoms with E-state index in [1.54, 1.807) is 23.1 Å². The molecule has 2 atom stereocenters. The van der Waals surface area contributed by atoms with Crippen molar-refractivity contribution in [1.82, 2.24) is 14.9 Å². The predicted octanol–water partition coefficient (Wildman–Crippen LogP) is 4.83. The number of carboxylic acid groups (broad SMARTS) is 1. The van der Waals surface area contributed by atoms with Crippen molar-refractivity contribution < 1.29 is 14.7 Å². The standard InChI is InChI=1S/C26H25Cl2N7O3/c1-14-8-15(6-7-21(14)33-11-17-9-16(33)12-34(17)26(37)38)30-25-29-10-18-23(31-25)32(2)13-35(24(18)36)22-19(27)4-3-5-20(22)28/h3-8,10,16-17H,9,11-13H2,1-2H3,(H,37,38)(H,29,30,31). The smallest absolute Gasteiger partial charge is 0.407 e. The van der Waals surface area contributed by atoms with Gasteiger partial charge in [-0.25, -0.2) is 9.78 Å². The molecular weight excluding hydrogens is 529 g/mol. The first-order valence-corrected chi connectivity index (χ1v) is 12.9. The molecule has 0 aliphatic carbocycles. The van der Waals surface area contributed by atoms with Crippen LogP contribution in [-0.2, 0) is 0 Å². The van der Waals surface area contributed by atoms with Gasteiger partial charge in [-0.1, -0.05) is 29.3 Å². The molecule has 12 heteroatoms. The minimum Gasteiger partial charge on any atom is -0.465 e. The van der Waals surface area contributed by atoms with Crippen LogP contribution >= 0.6 is 23.2 Å². The molecule has 2 fully saturated rings. The highest BCUT2D eigenvalue weighted by molar-refractivity contribution is 6.40. The van der Waals surface area contributed by atoms with E-state index in [9.17, 15) is 14.7 Å². The van der Waals surface area contributed by atoms with Crippen molar-refractivity contribution in [3.8, 4) is 0 Å². The van der Waals surface area contributed by atoms with Crippen LogP contribution < -0.4 is 20.0 Å². The summed E-state index contributed by atoms with van der Waals surface area (Å²) in [6.07, 6.45) is 1.53. The fourth-order valence-corrected chi connectivity index (χ4v) is 6.27. The monoisotopic (exact) mass is 553 g/mol. The highest BCUT2D eigenvalue weighted by Gasteiger charge is 2.45. The first-order valence-electron chi connectivity index (χ1n) is 12.2. The Morgan fingerprint density at radius 2 is 1.89 bits per heavy atom. The summed E-state index contributed by atoms with van der Waals surface area (Å²) >= 11 is 12.7. The number of likely N-dealkylation sites (tertiary alicyclic amines) is 1. The van der Waals surface area contributed by atoms with Gasteiger partial charge in [0.15, 0.2) is 0 Å². The van der Waals surface area contributed by atoms with Crippen molar-refractivity contribution in [2.75, 3.05) is 46.8 Å². The molecule has 3 aromatic rings. The number of amides is 2. The molecular formula is C26H25Cl2N7O3. The molecule has 0 saturated carbocycles. The average molecular weight is 554 g/mol. The molecule has 0 radical (unpaired) electrons. The lowest BCUT2D eigenvalue weighted by Gasteiger charge is -2.35. The van der Waals surface area contributed by atoms with Crippen molar-refractivity contribution in [2.45, 2.75) is 25.4 Å². The second-order valence-electron chi connectivity index (χ2n) is 9.83. The number of hydrogen-bond acceptors (Lipinski definition) is 7. The fourth-order valence-electron chi connectivity index (χ4n) is 5.66. The van der Waals surface area contributed by atoms with Crippen molar-refractivity contribution in [2.24, 2.45) is 0 Å². The second-order valence-corrected chi connectivity index (χ2v) is 10.6. The van der Waals surface area contributed by atoms with Crippen LogP contribution in [0.3, 0.4) is 0 Å². The third-order valence-corrected chi connectivity index (χ3v) is 8.03. The topological polar surface area (TPSA) is 105 Å². The van der Waals surface area contributed by atoms with Crippen LogP contribution in [0.15, 0.2) is 42.6 Å². The van der Waals surface area contributed by atoms with E-state index in [0.717, 1.165) is 23.4 Å². The maximum atomic E-state index is 13.3. The molecule has 6 rings (SSSR count). The summed E-state index contributed by atoms with van der Waals surface area (Å²) in [5.74, 6) is 0.606. The van der Waals surface area contributed by atoms with Gasteiger partial charge >= 0.3 is 6.09 Å². The van der Waals surface area contributed by atoms with Gasteiger partial charge in [-0.15, -0.1) is 0 Å². The zero-order valence-corrected chi connectivity index (χ0v) is 22.2. The van der Waals surface area contributed by atoms with E-state index in [4.69, 9.17) is 23.2 Å². The summed E-state index contributed by atoms with van der Waals surface area (Å²) in [5.41, 5.74) is 3.80. The molecule has 2 saturated heterocycles. The summed E-state index contributed by atoms with van der Waals surface area (Å²) in [6.45, 7) is 3.51. The Balaban J connectivity index is 1.20. The molecule has 2 amide bonds. The van der Waals surface area contributed by atoms with Crippen LogP contribution in [0.2, 0.25) is 10.0 Å². The number of aromatic nitrogens is 2. The molecule has 38 heavy (non-hydrogen) atoms. The number of aryl methyl sites for hydroxylation is 1. The van der Waals surface area contributed by atoms with Gasteiger partial charge in [0.05, 0.1) is 28.4 Å². The number of hydrogen-bond donors (Lipinski definition) is 2. The van der Waals surface area contributed by atoms with Crippen molar-refractivity contribution >= 4 is 64.0 Å². The molecule has 1 aromatic heterocycles. The lowest BCUT2D eigenvalue weighted by molar-refractivity contribution is 0.0981. The van der Waals surface area contributed by atoms with E-state index < -0.39 is 6.09 Å². The van der Waals surface area contributed by atoms with Gasteiger partial charge < -0.3 is 25.1 Å². The van der Waals surface area contributed by atoms with Crippen LogP contribution in [0, 0.1) is 6.92 Å². The highest BCUT2D eigenvalue weighted by Crippen LogP contribution is 2.39. The Kier molecular flexibility index (Phi) is 5.96. The van der Waals surface area contributed by atoms with Crippen molar-refractivity contribution in [1.29, 1.82) is 0 Å². The van der Waals surface area contributed by atoms with Crippen molar-refractivity contribution in [3.63, 3.8) is 0 Å². The number of rotatable bonds is 4. The predicted molar refractivity (Wildman–Crippen MR) is 147 cm³/mol. The largest absolute Gasteiger partial charge is 0.465 e. The Morgan fingerprint density at radius 3 is 2.55 bits per heavy atom. The maximum absolute atomic E-state index is 13.3. The van der Waals surface area contributed by atoms with E-state index in [1.165, 1.54) is 11.1 Å². The summed E-state index contributed by atoms with van der Waals surface area (Å²) in [6, 6.07) is 11.4. The number of anilines is 5. The van der Waals surface area contributed by atoms with Gasteiger partial charge in [0.1, 0.15) is 11.4 Å².